The van der Waals surface area contributed by atoms with Crippen molar-refractivity contribution >= 4 is 11.7 Å². The van der Waals surface area contributed by atoms with E-state index in [1.807, 2.05) is 36.4 Å². The first kappa shape index (κ1) is 46.4. The second-order valence-electron chi connectivity index (χ2n) is 18.8. The van der Waals surface area contributed by atoms with Gasteiger partial charge in [0.1, 0.15) is 5.69 Å². The monoisotopic (exact) mass is 851 g/mol. The van der Waals surface area contributed by atoms with E-state index in [1.165, 1.54) is 115 Å². The minimum absolute atomic E-state index is 0.0619. The van der Waals surface area contributed by atoms with Crippen molar-refractivity contribution in [1.29, 1.82) is 0 Å². The summed E-state index contributed by atoms with van der Waals surface area (Å²) < 4.78 is 15.8. The lowest BCUT2D eigenvalue weighted by atomic mass is 9.73. The fraction of sp³-hybridized carbons (Fsp3) is 0.627. The van der Waals surface area contributed by atoms with Crippen LogP contribution in [0.1, 0.15) is 107 Å². The number of hydrogen-bond donors (Lipinski definition) is 5. The molecule has 1 amide bonds. The zero-order chi connectivity index (χ0) is 42.8. The number of rotatable bonds is 0. The SMILES string of the molecule is C1CC2(CCN1)CCOCC2.C1CC2(CCN1)COC2.C1CC2(CCO1)CNC2.O=C1CCCc2cccnc21.O=C1NCCc2ccccc21.c1ccc2c(c1)CCNCC2. The van der Waals surface area contributed by atoms with Gasteiger partial charge in [-0.3, -0.25) is 14.6 Å². The molecule has 0 atom stereocenters. The number of amides is 1. The Bertz CT molecular complexity index is 1680. The Morgan fingerprint density at radius 2 is 1.00 bits per heavy atom. The highest BCUT2D eigenvalue weighted by atomic mass is 16.5. The van der Waals surface area contributed by atoms with Gasteiger partial charge in [-0.1, -0.05) is 48.5 Å². The summed E-state index contributed by atoms with van der Waals surface area (Å²) in [6.45, 7) is 16.4. The Morgan fingerprint density at radius 3 is 1.52 bits per heavy atom. The first-order chi connectivity index (χ1) is 30.5. The lowest BCUT2D eigenvalue weighted by Gasteiger charge is -2.45. The number of fused-ring (bicyclic) bond motifs is 3. The number of carbonyl (C=O) groups is 2. The van der Waals surface area contributed by atoms with E-state index in [9.17, 15) is 9.59 Å². The third kappa shape index (κ3) is 13.5. The van der Waals surface area contributed by atoms with Crippen LogP contribution < -0.4 is 26.6 Å². The van der Waals surface area contributed by atoms with Crippen LogP contribution in [-0.2, 0) is 39.9 Å². The maximum absolute atomic E-state index is 11.2. The second-order valence-corrected chi connectivity index (χ2v) is 18.8. The van der Waals surface area contributed by atoms with Gasteiger partial charge < -0.3 is 40.8 Å². The molecule has 6 fully saturated rings. The Balaban J connectivity index is 0.000000112. The zero-order valence-corrected chi connectivity index (χ0v) is 37.3. The van der Waals surface area contributed by atoms with Crippen LogP contribution in [0, 0.1) is 16.2 Å². The first-order valence-corrected chi connectivity index (χ1v) is 23.9. The van der Waals surface area contributed by atoms with Crippen LogP contribution in [0.4, 0.5) is 0 Å². The van der Waals surface area contributed by atoms with E-state index in [2.05, 4.69) is 55.8 Å². The number of aromatic nitrogens is 1. The molecule has 9 heterocycles. The van der Waals surface area contributed by atoms with Crippen LogP contribution in [0.3, 0.4) is 0 Å². The van der Waals surface area contributed by atoms with E-state index < -0.39 is 0 Å². The number of hydrogen-bond acceptors (Lipinski definition) is 10. The van der Waals surface area contributed by atoms with Crippen molar-refractivity contribution in [2.45, 2.75) is 89.9 Å². The number of ether oxygens (including phenoxy) is 3. The molecular weight excluding hydrogens is 777 g/mol. The van der Waals surface area contributed by atoms with E-state index in [-0.39, 0.29) is 11.7 Å². The molecule has 5 N–H and O–H groups in total. The molecule has 1 aliphatic carbocycles. The van der Waals surface area contributed by atoms with Crippen LogP contribution in [0.25, 0.3) is 0 Å². The number of aryl methyl sites for hydroxylation is 1. The number of nitrogens with zero attached hydrogens (tertiary/aromatic N) is 1. The van der Waals surface area contributed by atoms with Gasteiger partial charge in [0.05, 0.1) is 13.2 Å². The Kier molecular flexibility index (Phi) is 17.9. The molecule has 9 aliphatic rings. The van der Waals surface area contributed by atoms with Gasteiger partial charge in [0.2, 0.25) is 0 Å². The molecule has 2 aromatic carbocycles. The summed E-state index contributed by atoms with van der Waals surface area (Å²) in [7, 11) is 0. The van der Waals surface area contributed by atoms with Gasteiger partial charge in [0.15, 0.2) is 5.78 Å². The summed E-state index contributed by atoms with van der Waals surface area (Å²) in [5.41, 5.74) is 8.81. The van der Waals surface area contributed by atoms with Crippen molar-refractivity contribution in [2.24, 2.45) is 16.2 Å². The van der Waals surface area contributed by atoms with Crippen molar-refractivity contribution in [3.05, 3.63) is 100 Å². The van der Waals surface area contributed by atoms with Crippen molar-refractivity contribution < 1.29 is 23.8 Å². The number of piperidine rings is 2. The summed E-state index contributed by atoms with van der Waals surface area (Å²) in [6.07, 6.45) is 18.2. The smallest absolute Gasteiger partial charge is 0.251 e. The largest absolute Gasteiger partial charge is 0.381 e. The lowest BCUT2D eigenvalue weighted by molar-refractivity contribution is -0.127. The molecule has 8 aliphatic heterocycles. The molecular formula is C51H74N6O5. The number of ketones is 1. The van der Waals surface area contributed by atoms with Gasteiger partial charge in [0, 0.05) is 69.7 Å². The summed E-state index contributed by atoms with van der Waals surface area (Å²) in [4.78, 5) is 26.4. The Labute approximate surface area is 371 Å². The van der Waals surface area contributed by atoms with Crippen molar-refractivity contribution in [1.82, 2.24) is 31.6 Å². The highest BCUT2D eigenvalue weighted by molar-refractivity contribution is 5.97. The van der Waals surface area contributed by atoms with Gasteiger partial charge in [-0.25, -0.2) is 0 Å². The minimum atomic E-state index is 0.0619. The van der Waals surface area contributed by atoms with Gasteiger partial charge >= 0.3 is 0 Å². The van der Waals surface area contributed by atoms with E-state index in [4.69, 9.17) is 14.2 Å². The van der Waals surface area contributed by atoms with Gasteiger partial charge in [0.25, 0.3) is 5.91 Å². The normalized spacial score (nSPS) is 23.4. The summed E-state index contributed by atoms with van der Waals surface area (Å²) >= 11 is 0. The molecule has 0 unspecified atom stereocenters. The predicted molar refractivity (Wildman–Crippen MR) is 246 cm³/mol. The molecule has 0 saturated carbocycles. The quantitative estimate of drug-likeness (QED) is 0.187. The Hall–Kier alpha value is -3.55. The van der Waals surface area contributed by atoms with E-state index in [1.54, 1.807) is 6.20 Å². The zero-order valence-electron chi connectivity index (χ0n) is 37.3. The molecule has 1 aromatic heterocycles. The summed E-state index contributed by atoms with van der Waals surface area (Å²) in [5.74, 6) is 0.263. The van der Waals surface area contributed by atoms with Crippen molar-refractivity contribution in [2.75, 3.05) is 98.5 Å². The molecule has 62 heavy (non-hydrogen) atoms. The van der Waals surface area contributed by atoms with Crippen LogP contribution in [0.15, 0.2) is 66.9 Å². The average Bonchev–Trinajstić information content (AvgIpc) is 3.57. The molecule has 0 radical (unpaired) electrons. The van der Waals surface area contributed by atoms with Crippen LogP contribution in [-0.4, -0.2) is 115 Å². The number of pyridine rings is 1. The maximum Gasteiger partial charge on any atom is 0.251 e. The lowest BCUT2D eigenvalue weighted by Crippen LogP contribution is -2.55. The van der Waals surface area contributed by atoms with Crippen molar-refractivity contribution in [3.8, 4) is 0 Å². The molecule has 0 bridgehead atoms. The average molecular weight is 851 g/mol. The fourth-order valence-corrected chi connectivity index (χ4v) is 9.97. The van der Waals surface area contributed by atoms with E-state index in [0.29, 0.717) is 28.4 Å². The number of benzene rings is 2. The molecule has 6 saturated heterocycles. The third-order valence-corrected chi connectivity index (χ3v) is 14.5. The minimum Gasteiger partial charge on any atom is -0.381 e. The van der Waals surface area contributed by atoms with Crippen LogP contribution >= 0.6 is 0 Å². The molecule has 12 rings (SSSR count). The molecule has 3 aromatic rings. The van der Waals surface area contributed by atoms with Gasteiger partial charge in [-0.15, -0.1) is 0 Å². The number of Topliss-reactive ketones (excluding diaryl/α,β-unsaturated/α-hetero) is 1. The third-order valence-electron chi connectivity index (χ3n) is 14.5. The van der Waals surface area contributed by atoms with Gasteiger partial charge in [-0.05, 0) is 168 Å². The van der Waals surface area contributed by atoms with Crippen LogP contribution in [0.5, 0.6) is 0 Å². The molecule has 11 heteroatoms. The Morgan fingerprint density at radius 1 is 0.468 bits per heavy atom. The highest BCUT2D eigenvalue weighted by Gasteiger charge is 2.39. The first-order valence-electron chi connectivity index (χ1n) is 23.9. The topological polar surface area (TPSA) is 135 Å². The van der Waals surface area contributed by atoms with Crippen LogP contribution in [0.2, 0.25) is 0 Å². The highest BCUT2D eigenvalue weighted by Crippen LogP contribution is 2.39. The number of carbonyl (C=O) groups excluding carboxylic acids is 2. The summed E-state index contributed by atoms with van der Waals surface area (Å²) in [5, 5.41) is 16.3. The second kappa shape index (κ2) is 23.9. The summed E-state index contributed by atoms with van der Waals surface area (Å²) in [6, 6.07) is 20.3. The predicted octanol–water partition coefficient (Wildman–Crippen LogP) is 5.89. The van der Waals surface area contributed by atoms with E-state index >= 15 is 0 Å². The standard InChI is InChI=1S/C10H13N.C9H17NO.2C9H9NO.2C7H13NO/c1-2-4-10-6-8-11-7-5-9(10)3-1;1-5-10-6-2-9(1)3-7-11-8-4-9;11-8-5-1-3-7-4-2-6-10-9(7)8;11-9-8-4-2-1-3-7(8)5-6-10-9;1-3-9-4-2-7(1)5-8-6-7;1-3-8-4-2-7(1)5-9-6-7/h1-4,11H,5-8H2;10H,1-8H2;2,4,6H,1,3,5H2;1-4H,5-6H2,(H,10,11);2*8H,1-6H2. The van der Waals surface area contributed by atoms with E-state index in [0.717, 1.165) is 95.2 Å². The van der Waals surface area contributed by atoms with Crippen molar-refractivity contribution in [3.63, 3.8) is 0 Å². The maximum atomic E-state index is 11.2. The fourth-order valence-electron chi connectivity index (χ4n) is 9.97. The molecule has 338 valence electrons. The van der Waals surface area contributed by atoms with Gasteiger partial charge in [-0.2, -0.15) is 0 Å². The number of nitrogens with one attached hydrogen (secondary N) is 5. The molecule has 11 nitrogen and oxygen atoms in total. The molecule has 3 spiro atoms.